The first-order chi connectivity index (χ1) is 37.6. The first kappa shape index (κ1) is 51.4. The van der Waals surface area contributed by atoms with Crippen LogP contribution < -0.4 is 26.2 Å². The third-order valence-corrected chi connectivity index (χ3v) is 21.2. The van der Waals surface area contributed by atoms with Crippen LogP contribution in [0.4, 0.5) is 34.1 Å². The second-order valence-corrected chi connectivity index (χ2v) is 30.0. The van der Waals surface area contributed by atoms with Gasteiger partial charge in [-0.2, -0.15) is 0 Å². The van der Waals surface area contributed by atoms with E-state index in [2.05, 4.69) is 261 Å². The molecule has 0 fully saturated rings. The normalized spacial score (nSPS) is 19.1. The van der Waals surface area contributed by atoms with Crippen LogP contribution in [0.1, 0.15) is 191 Å². The Labute approximate surface area is 477 Å². The van der Waals surface area contributed by atoms with Gasteiger partial charge in [0.15, 0.2) is 0 Å². The summed E-state index contributed by atoms with van der Waals surface area (Å²) in [5.41, 5.74) is 30.9. The standard InChI is InChI=1S/C76H81BN2O/c1-44-35-52-54(73(10,11)33-31-71(52,6)7)41-60(44)78-62-43-57-56(75(14,15)50-25-21-22-26-51(50)76(57,16)17)40-59(62)77-58-28-30-66-67(49-39-48(70(3,4)5)27-29-65(49)80-66)69(58)79(64-38-47(37-63(78)68(64)77)46-23-19-18-20-24-46)61-42-55-53(36-45(61)2)72(8,9)32-34-74(55,12)13/h18-30,35-43H,31-34H2,1-17H3. The number of benzene rings is 8. The number of nitrogens with zero attached hydrogens (tertiary/aromatic N) is 2. The van der Waals surface area contributed by atoms with Crippen molar-refractivity contribution in [3.63, 3.8) is 0 Å². The number of anilines is 6. The zero-order chi connectivity index (χ0) is 56.3. The molecule has 3 aliphatic carbocycles. The van der Waals surface area contributed by atoms with Gasteiger partial charge in [0.1, 0.15) is 11.2 Å². The highest BCUT2D eigenvalue weighted by molar-refractivity contribution is 7.00. The van der Waals surface area contributed by atoms with E-state index < -0.39 is 0 Å². The van der Waals surface area contributed by atoms with E-state index in [-0.39, 0.29) is 44.6 Å². The van der Waals surface area contributed by atoms with E-state index in [9.17, 15) is 0 Å². The summed E-state index contributed by atoms with van der Waals surface area (Å²) in [6, 6.07) is 53.1. The van der Waals surface area contributed by atoms with E-state index in [1.807, 2.05) is 0 Å². The van der Waals surface area contributed by atoms with Crippen molar-refractivity contribution in [2.45, 2.75) is 181 Å². The molecule has 0 bridgehead atoms. The Morgan fingerprint density at radius 3 is 1.44 bits per heavy atom. The Balaban J connectivity index is 1.18. The van der Waals surface area contributed by atoms with E-state index in [0.29, 0.717) is 0 Å². The minimum absolute atomic E-state index is 0.00390. The summed E-state index contributed by atoms with van der Waals surface area (Å²) < 4.78 is 7.10. The third-order valence-electron chi connectivity index (χ3n) is 21.2. The van der Waals surface area contributed by atoms with Crippen molar-refractivity contribution >= 4 is 79.2 Å². The van der Waals surface area contributed by atoms with Gasteiger partial charge in [-0.3, -0.25) is 0 Å². The van der Waals surface area contributed by atoms with Gasteiger partial charge in [-0.1, -0.05) is 189 Å². The van der Waals surface area contributed by atoms with Gasteiger partial charge in [-0.15, -0.1) is 0 Å². The molecule has 8 aromatic carbocycles. The summed E-state index contributed by atoms with van der Waals surface area (Å²) in [7, 11) is 0. The van der Waals surface area contributed by atoms with Crippen molar-refractivity contribution in [3.05, 3.63) is 195 Å². The molecule has 0 radical (unpaired) electrons. The van der Waals surface area contributed by atoms with Crippen molar-refractivity contribution in [1.29, 1.82) is 0 Å². The van der Waals surface area contributed by atoms with Gasteiger partial charge < -0.3 is 14.2 Å². The van der Waals surface area contributed by atoms with Crippen LogP contribution in [0.15, 0.2) is 138 Å². The molecule has 0 N–H and O–H groups in total. The summed E-state index contributed by atoms with van der Waals surface area (Å²) in [5, 5.41) is 2.36. The number of hydrogen-bond acceptors (Lipinski definition) is 3. The molecule has 4 heteroatoms. The van der Waals surface area contributed by atoms with Crippen LogP contribution in [0.5, 0.6) is 0 Å². The Morgan fingerprint density at radius 1 is 0.412 bits per heavy atom. The minimum Gasteiger partial charge on any atom is -0.456 e. The maximum absolute atomic E-state index is 7.10. The zero-order valence-electron chi connectivity index (χ0n) is 50.9. The predicted octanol–water partition coefficient (Wildman–Crippen LogP) is 18.9. The van der Waals surface area contributed by atoms with Crippen LogP contribution in [0.3, 0.4) is 0 Å². The van der Waals surface area contributed by atoms with Gasteiger partial charge in [-0.05, 0) is 204 Å². The van der Waals surface area contributed by atoms with E-state index in [0.717, 1.165) is 24.0 Å². The maximum Gasteiger partial charge on any atom is 0.252 e. The molecule has 0 amide bonds. The van der Waals surface area contributed by atoms with Gasteiger partial charge in [0, 0.05) is 44.7 Å². The van der Waals surface area contributed by atoms with Crippen LogP contribution >= 0.6 is 0 Å². The highest BCUT2D eigenvalue weighted by Gasteiger charge is 2.50. The van der Waals surface area contributed by atoms with Crippen molar-refractivity contribution < 1.29 is 4.42 Å². The molecular weight excluding hydrogens is 968 g/mol. The number of furan rings is 1. The predicted molar refractivity (Wildman–Crippen MR) is 343 cm³/mol. The Bertz CT molecular complexity index is 4150. The lowest BCUT2D eigenvalue weighted by Crippen LogP contribution is -2.62. The molecule has 404 valence electrons. The summed E-state index contributed by atoms with van der Waals surface area (Å²) in [6.45, 7) is 41.3. The molecule has 0 unspecified atom stereocenters. The molecule has 0 atom stereocenters. The van der Waals surface area contributed by atoms with Crippen molar-refractivity contribution in [1.82, 2.24) is 0 Å². The molecule has 80 heavy (non-hydrogen) atoms. The lowest BCUT2D eigenvalue weighted by molar-refractivity contribution is 0.332. The van der Waals surface area contributed by atoms with Crippen molar-refractivity contribution in [3.8, 4) is 11.1 Å². The largest absolute Gasteiger partial charge is 0.456 e. The number of aryl methyl sites for hydroxylation is 2. The molecule has 14 rings (SSSR count). The highest BCUT2D eigenvalue weighted by atomic mass is 16.3. The van der Waals surface area contributed by atoms with E-state index in [1.165, 1.54) is 146 Å². The summed E-state index contributed by atoms with van der Waals surface area (Å²) in [6.07, 6.45) is 4.63. The maximum atomic E-state index is 7.10. The lowest BCUT2D eigenvalue weighted by Gasteiger charge is -2.49. The Kier molecular flexibility index (Phi) is 10.6. The number of fused-ring (bicyclic) bond motifs is 12. The van der Waals surface area contributed by atoms with Crippen LogP contribution in [0, 0.1) is 13.8 Å². The molecule has 0 saturated heterocycles. The van der Waals surface area contributed by atoms with Crippen LogP contribution in [0.2, 0.25) is 0 Å². The van der Waals surface area contributed by atoms with Crippen LogP contribution in [-0.2, 0) is 37.9 Å². The quantitative estimate of drug-likeness (QED) is 0.164. The molecule has 3 heterocycles. The second-order valence-electron chi connectivity index (χ2n) is 30.0. The molecule has 0 spiro atoms. The summed E-state index contributed by atoms with van der Waals surface area (Å²) in [5.74, 6) is 0. The Hall–Kier alpha value is -6.78. The molecule has 0 saturated carbocycles. The average Bonchev–Trinajstić information content (AvgIpc) is 3.93. The lowest BCUT2D eigenvalue weighted by atomic mass is 9.33. The van der Waals surface area contributed by atoms with Gasteiger partial charge in [0.05, 0.1) is 11.1 Å². The first-order valence-corrected chi connectivity index (χ1v) is 30.0. The Morgan fingerprint density at radius 2 is 0.887 bits per heavy atom. The van der Waals surface area contributed by atoms with Gasteiger partial charge in [-0.25, -0.2) is 0 Å². The van der Waals surface area contributed by atoms with Crippen LogP contribution in [-0.4, -0.2) is 6.71 Å². The zero-order valence-corrected chi connectivity index (χ0v) is 50.9. The molecular formula is C76H81BN2O. The first-order valence-electron chi connectivity index (χ1n) is 30.0. The fraction of sp³-hybridized carbons (Fsp3) is 0.368. The topological polar surface area (TPSA) is 19.6 Å². The molecule has 1 aromatic heterocycles. The van der Waals surface area contributed by atoms with Gasteiger partial charge in [0.25, 0.3) is 6.71 Å². The number of rotatable bonds is 3. The van der Waals surface area contributed by atoms with E-state index in [1.54, 1.807) is 0 Å². The average molecular weight is 1050 g/mol. The minimum atomic E-state index is -0.253. The summed E-state index contributed by atoms with van der Waals surface area (Å²) in [4.78, 5) is 5.49. The van der Waals surface area contributed by atoms with E-state index >= 15 is 0 Å². The third kappa shape index (κ3) is 7.11. The van der Waals surface area contributed by atoms with E-state index in [4.69, 9.17) is 4.42 Å². The molecule has 2 aliphatic heterocycles. The smallest absolute Gasteiger partial charge is 0.252 e. The summed E-state index contributed by atoms with van der Waals surface area (Å²) >= 11 is 0. The fourth-order valence-corrected chi connectivity index (χ4v) is 16.0. The number of hydrogen-bond donors (Lipinski definition) is 0. The molecule has 9 aromatic rings. The van der Waals surface area contributed by atoms with Crippen LogP contribution in [0.25, 0.3) is 33.1 Å². The molecule has 3 nitrogen and oxygen atoms in total. The monoisotopic (exact) mass is 1050 g/mol. The highest BCUT2D eigenvalue weighted by Crippen LogP contribution is 2.57. The second kappa shape index (κ2) is 16.5. The molecule has 5 aliphatic rings. The van der Waals surface area contributed by atoms with Gasteiger partial charge >= 0.3 is 0 Å². The SMILES string of the molecule is Cc1cc2c(cc1N1c3cc4c(cc3B3c5ccc6oc7ccc(C(C)(C)C)cc7c6c5N(c5cc6c(cc5C)C(C)(C)CCC6(C)C)c5cc(-c6ccccc6)cc1c53)C(C)(C)c1ccccc1C4(C)C)C(C)(C)CCC2(C)C. The van der Waals surface area contributed by atoms with Crippen molar-refractivity contribution in [2.24, 2.45) is 0 Å². The van der Waals surface area contributed by atoms with Gasteiger partial charge in [0.2, 0.25) is 0 Å². The fourth-order valence-electron chi connectivity index (χ4n) is 16.0. The van der Waals surface area contributed by atoms with Crippen molar-refractivity contribution in [2.75, 3.05) is 9.80 Å².